The minimum Gasteiger partial charge on any atom is -0.465 e. The zero-order valence-electron chi connectivity index (χ0n) is 9.04. The van der Waals surface area contributed by atoms with E-state index in [-0.39, 0.29) is 23.2 Å². The molecule has 0 atom stereocenters. The molecule has 0 spiro atoms. The van der Waals surface area contributed by atoms with Gasteiger partial charge in [-0.1, -0.05) is 0 Å². The zero-order valence-corrected chi connectivity index (χ0v) is 9.04. The number of nitriles is 1. The molecule has 6 heteroatoms. The van der Waals surface area contributed by atoms with Crippen molar-refractivity contribution in [1.82, 2.24) is 0 Å². The van der Waals surface area contributed by atoms with Gasteiger partial charge in [-0.05, 0) is 17.7 Å². The number of nitrogens with zero attached hydrogens (tertiary/aromatic N) is 1. The van der Waals surface area contributed by atoms with E-state index in [0.29, 0.717) is 0 Å². The molecule has 0 radical (unpaired) electrons. The highest BCUT2D eigenvalue weighted by Crippen LogP contribution is 2.29. The van der Waals surface area contributed by atoms with Crippen LogP contribution in [0.25, 0.3) is 0 Å². The van der Waals surface area contributed by atoms with Crippen LogP contribution in [0.2, 0.25) is 0 Å². The van der Waals surface area contributed by atoms with Gasteiger partial charge in [-0.25, -0.2) is 13.6 Å². The zero-order chi connectivity index (χ0) is 13.0. The monoisotopic (exact) mass is 240 g/mol. The van der Waals surface area contributed by atoms with Gasteiger partial charge in [-0.15, -0.1) is 0 Å². The predicted octanol–water partition coefficient (Wildman–Crippen LogP) is 1.74. The van der Waals surface area contributed by atoms with Crippen molar-refractivity contribution in [2.45, 2.75) is 13.0 Å². The topological polar surface area (TPSA) is 76.1 Å². The molecule has 0 bridgehead atoms. The number of carbonyl (C=O) groups is 1. The molecule has 0 aliphatic carbocycles. The molecule has 0 unspecified atom stereocenters. The summed E-state index contributed by atoms with van der Waals surface area (Å²) in [5.41, 5.74) is 4.56. The van der Waals surface area contributed by atoms with Crippen LogP contribution in [0, 0.1) is 11.3 Å². The Morgan fingerprint density at radius 3 is 2.65 bits per heavy atom. The maximum absolute atomic E-state index is 12.9. The lowest BCUT2D eigenvalue weighted by atomic mass is 9.96. The third-order valence-corrected chi connectivity index (χ3v) is 2.31. The fraction of sp³-hybridized carbons (Fsp3) is 0.273. The van der Waals surface area contributed by atoms with E-state index in [2.05, 4.69) is 4.74 Å². The van der Waals surface area contributed by atoms with Gasteiger partial charge >= 0.3 is 5.97 Å². The minimum atomic E-state index is -2.89. The maximum atomic E-state index is 12.9. The van der Waals surface area contributed by atoms with Crippen LogP contribution in [0.15, 0.2) is 12.1 Å². The molecular formula is C11H10F2N2O2. The lowest BCUT2D eigenvalue weighted by molar-refractivity contribution is 0.0589. The molecule has 0 saturated heterocycles. The number of esters is 1. The first kappa shape index (κ1) is 13.1. The van der Waals surface area contributed by atoms with Crippen LogP contribution in [0.3, 0.4) is 0 Å². The van der Waals surface area contributed by atoms with E-state index < -0.39 is 18.0 Å². The molecule has 1 rings (SSSR count). The Balaban J connectivity index is 3.54. The molecular weight excluding hydrogens is 230 g/mol. The number of alkyl halides is 2. The Morgan fingerprint density at radius 1 is 1.59 bits per heavy atom. The normalized spacial score (nSPS) is 10.1. The molecule has 1 aromatic rings. The fourth-order valence-electron chi connectivity index (χ4n) is 1.53. The molecule has 4 nitrogen and oxygen atoms in total. The summed E-state index contributed by atoms with van der Waals surface area (Å²) in [6.45, 7) is -0.243. The minimum absolute atomic E-state index is 0.0228. The molecule has 17 heavy (non-hydrogen) atoms. The Kier molecular flexibility index (Phi) is 4.12. The number of benzene rings is 1. The lowest BCUT2D eigenvalue weighted by Gasteiger charge is -2.13. The highest BCUT2D eigenvalue weighted by molar-refractivity contribution is 5.92. The van der Waals surface area contributed by atoms with Crippen LogP contribution in [0.5, 0.6) is 0 Å². The average Bonchev–Trinajstić information content (AvgIpc) is 2.35. The second-order valence-corrected chi connectivity index (χ2v) is 3.16. The van der Waals surface area contributed by atoms with Crippen LogP contribution in [0.4, 0.5) is 8.78 Å². The van der Waals surface area contributed by atoms with Crippen molar-refractivity contribution >= 4 is 5.97 Å². The first-order valence-electron chi connectivity index (χ1n) is 4.69. The van der Waals surface area contributed by atoms with Gasteiger partial charge in [0.2, 0.25) is 0 Å². The van der Waals surface area contributed by atoms with E-state index in [1.807, 2.05) is 0 Å². The van der Waals surface area contributed by atoms with Gasteiger partial charge in [0.1, 0.15) is 0 Å². The standard InChI is InChI=1S/C11H10F2N2O2/c1-17-11(16)7-3-2-6(4-14)8(5-15)9(7)10(12)13/h2-3,10H,5,15H2,1H3. The number of methoxy groups -OCH3 is 1. The van der Waals surface area contributed by atoms with E-state index in [4.69, 9.17) is 11.0 Å². The summed E-state index contributed by atoms with van der Waals surface area (Å²) in [5.74, 6) is -0.875. The van der Waals surface area contributed by atoms with E-state index in [9.17, 15) is 13.6 Å². The van der Waals surface area contributed by atoms with Crippen LogP contribution < -0.4 is 5.73 Å². The maximum Gasteiger partial charge on any atom is 0.338 e. The molecule has 0 aliphatic rings. The number of carbonyl (C=O) groups excluding carboxylic acids is 1. The predicted molar refractivity (Wildman–Crippen MR) is 55.3 cm³/mol. The first-order valence-corrected chi connectivity index (χ1v) is 4.69. The SMILES string of the molecule is COC(=O)c1ccc(C#N)c(CN)c1C(F)F. The van der Waals surface area contributed by atoms with E-state index >= 15 is 0 Å². The molecule has 0 heterocycles. The Morgan fingerprint density at radius 2 is 2.24 bits per heavy atom. The largest absolute Gasteiger partial charge is 0.465 e. The van der Waals surface area contributed by atoms with Gasteiger partial charge in [0.05, 0.1) is 24.3 Å². The van der Waals surface area contributed by atoms with Gasteiger partial charge in [-0.2, -0.15) is 5.26 Å². The van der Waals surface area contributed by atoms with Crippen molar-refractivity contribution < 1.29 is 18.3 Å². The van der Waals surface area contributed by atoms with Gasteiger partial charge in [0, 0.05) is 12.1 Å². The van der Waals surface area contributed by atoms with E-state index in [1.165, 1.54) is 6.07 Å². The summed E-state index contributed by atoms with van der Waals surface area (Å²) < 4.78 is 30.2. The van der Waals surface area contributed by atoms with Crippen molar-refractivity contribution in [2.75, 3.05) is 7.11 Å². The molecule has 0 fully saturated rings. The second kappa shape index (κ2) is 5.37. The van der Waals surface area contributed by atoms with Crippen molar-refractivity contribution in [1.29, 1.82) is 5.26 Å². The molecule has 2 N–H and O–H groups in total. The summed E-state index contributed by atoms with van der Waals surface area (Å²) in [6, 6.07) is 4.18. The molecule has 0 saturated carbocycles. The summed E-state index contributed by atoms with van der Waals surface area (Å²) in [5, 5.41) is 8.78. The van der Waals surface area contributed by atoms with E-state index in [0.717, 1.165) is 13.2 Å². The molecule has 90 valence electrons. The highest BCUT2D eigenvalue weighted by Gasteiger charge is 2.24. The average molecular weight is 240 g/mol. The number of ether oxygens (including phenoxy) is 1. The Bertz CT molecular complexity index is 481. The molecule has 0 amide bonds. The summed E-state index contributed by atoms with van der Waals surface area (Å²) in [7, 11) is 1.10. The summed E-state index contributed by atoms with van der Waals surface area (Å²) >= 11 is 0. The molecule has 0 aromatic heterocycles. The van der Waals surface area contributed by atoms with Crippen LogP contribution in [-0.2, 0) is 11.3 Å². The van der Waals surface area contributed by atoms with Gasteiger partial charge < -0.3 is 10.5 Å². The van der Waals surface area contributed by atoms with Crippen molar-refractivity contribution in [2.24, 2.45) is 5.73 Å². The lowest BCUT2D eigenvalue weighted by Crippen LogP contribution is -2.12. The quantitative estimate of drug-likeness (QED) is 0.816. The van der Waals surface area contributed by atoms with Crippen LogP contribution in [-0.4, -0.2) is 13.1 Å². The van der Waals surface area contributed by atoms with Crippen molar-refractivity contribution in [3.05, 3.63) is 34.4 Å². The molecule has 1 aromatic carbocycles. The van der Waals surface area contributed by atoms with Crippen LogP contribution in [0.1, 0.15) is 33.5 Å². The van der Waals surface area contributed by atoms with Crippen molar-refractivity contribution in [3.8, 4) is 6.07 Å². The number of nitrogens with two attached hydrogens (primary N) is 1. The van der Waals surface area contributed by atoms with E-state index in [1.54, 1.807) is 6.07 Å². The van der Waals surface area contributed by atoms with Crippen LogP contribution >= 0.6 is 0 Å². The van der Waals surface area contributed by atoms with Gasteiger partial charge in [0.25, 0.3) is 6.43 Å². The number of rotatable bonds is 3. The van der Waals surface area contributed by atoms with Crippen molar-refractivity contribution in [3.63, 3.8) is 0 Å². The third kappa shape index (κ3) is 2.40. The first-order chi connectivity index (χ1) is 8.06. The molecule has 0 aliphatic heterocycles. The second-order valence-electron chi connectivity index (χ2n) is 3.16. The number of halogens is 2. The number of hydrogen-bond donors (Lipinski definition) is 1. The Hall–Kier alpha value is -2.00. The summed E-state index contributed by atoms with van der Waals surface area (Å²) in [6.07, 6.45) is -2.89. The third-order valence-electron chi connectivity index (χ3n) is 2.31. The Labute approximate surface area is 96.6 Å². The van der Waals surface area contributed by atoms with Gasteiger partial charge in [-0.3, -0.25) is 0 Å². The fourth-order valence-corrected chi connectivity index (χ4v) is 1.53. The highest BCUT2D eigenvalue weighted by atomic mass is 19.3. The summed E-state index contributed by atoms with van der Waals surface area (Å²) in [4.78, 5) is 11.3. The van der Waals surface area contributed by atoms with Gasteiger partial charge in [0.15, 0.2) is 0 Å². The number of hydrogen-bond acceptors (Lipinski definition) is 4. The smallest absolute Gasteiger partial charge is 0.338 e.